The summed E-state index contributed by atoms with van der Waals surface area (Å²) in [5.41, 5.74) is -2.52. The average Bonchev–Trinajstić information content (AvgIpc) is 3.67. The second-order valence-corrected chi connectivity index (χ2v) is 10.2. The SMILES string of the molecule is CCCCCCCCCCNCc1cccs1.O=C(O)c1nc2c(C(F)(F)F)cc(-c3nn[nH]n3)cn2c1Cl. The maximum Gasteiger partial charge on any atom is 0.420 e. The van der Waals surface area contributed by atoms with Crippen molar-refractivity contribution in [1.29, 1.82) is 0 Å². The fourth-order valence-corrected chi connectivity index (χ4v) is 4.80. The molecule has 0 aromatic carbocycles. The Hall–Kier alpha value is -3.03. The van der Waals surface area contributed by atoms with E-state index in [0.717, 1.165) is 23.2 Å². The third-order valence-corrected chi connectivity index (χ3v) is 7.10. The summed E-state index contributed by atoms with van der Waals surface area (Å²) in [5, 5.41) is 26.7. The molecule has 0 bridgehead atoms. The molecule has 0 aliphatic carbocycles. The monoisotopic (exact) mass is 585 g/mol. The topological polar surface area (TPSA) is 121 Å². The van der Waals surface area contributed by atoms with Gasteiger partial charge >= 0.3 is 12.1 Å². The van der Waals surface area contributed by atoms with Crippen LogP contribution in [-0.2, 0) is 12.7 Å². The molecule has 4 aromatic rings. The number of unbranched alkanes of at least 4 members (excludes halogenated alkanes) is 7. The Morgan fingerprint density at radius 1 is 1.18 bits per heavy atom. The number of carboxylic acids is 1. The Kier molecular flexibility index (Phi) is 11.7. The van der Waals surface area contributed by atoms with E-state index in [9.17, 15) is 18.0 Å². The molecular weight excluding hydrogens is 555 g/mol. The highest BCUT2D eigenvalue weighted by Gasteiger charge is 2.36. The number of imidazole rings is 1. The van der Waals surface area contributed by atoms with Crippen LogP contribution in [0, 0.1) is 0 Å². The first kappa shape index (κ1) is 30.5. The van der Waals surface area contributed by atoms with Crippen LogP contribution in [0.2, 0.25) is 5.15 Å². The van der Waals surface area contributed by atoms with Gasteiger partial charge in [0.15, 0.2) is 11.3 Å². The lowest BCUT2D eigenvalue weighted by Gasteiger charge is -2.09. The molecule has 4 heterocycles. The highest BCUT2D eigenvalue weighted by Crippen LogP contribution is 2.36. The van der Waals surface area contributed by atoms with Crippen LogP contribution < -0.4 is 5.32 Å². The Morgan fingerprint density at radius 3 is 2.49 bits per heavy atom. The second kappa shape index (κ2) is 14.9. The van der Waals surface area contributed by atoms with E-state index in [1.54, 1.807) is 0 Å². The van der Waals surface area contributed by atoms with E-state index in [0.29, 0.717) is 0 Å². The van der Waals surface area contributed by atoms with Crippen molar-refractivity contribution < 1.29 is 23.1 Å². The predicted molar refractivity (Wildman–Crippen MR) is 144 cm³/mol. The number of thiophene rings is 1. The molecule has 0 spiro atoms. The number of carbonyl (C=O) groups is 1. The number of alkyl halides is 3. The standard InChI is InChI=1S/C15H27NS.C10H4ClF3N6O2/c1-2-3-4-5-6-7-8-9-12-16-14-15-11-10-13-17-15;11-6-5(9(21)22)15-8-4(10(12,13)14)1-3(2-20(6)8)7-16-18-19-17-7/h10-11,13,16H,2-9,12,14H2,1H3;1-2H,(H,21,22)(H,16,17,18,19). The van der Waals surface area contributed by atoms with E-state index in [4.69, 9.17) is 16.7 Å². The molecule has 4 rings (SSSR count). The summed E-state index contributed by atoms with van der Waals surface area (Å²) in [6.45, 7) is 4.50. The quantitative estimate of drug-likeness (QED) is 0.146. The summed E-state index contributed by atoms with van der Waals surface area (Å²) in [6.07, 6.45) is 7.61. The Bertz CT molecular complexity index is 1300. The van der Waals surface area contributed by atoms with Crippen LogP contribution in [0.25, 0.3) is 17.0 Å². The van der Waals surface area contributed by atoms with Crippen molar-refractivity contribution >= 4 is 34.6 Å². The first-order chi connectivity index (χ1) is 18.7. The van der Waals surface area contributed by atoms with Gasteiger partial charge in [0.1, 0.15) is 5.15 Å². The molecule has 0 fully saturated rings. The van der Waals surface area contributed by atoms with Crippen molar-refractivity contribution in [2.24, 2.45) is 0 Å². The van der Waals surface area contributed by atoms with E-state index in [1.807, 2.05) is 11.3 Å². The summed E-state index contributed by atoms with van der Waals surface area (Å²) in [4.78, 5) is 15.9. The smallest absolute Gasteiger partial charge is 0.420 e. The predicted octanol–water partition coefficient (Wildman–Crippen LogP) is 6.86. The van der Waals surface area contributed by atoms with Gasteiger partial charge < -0.3 is 10.4 Å². The van der Waals surface area contributed by atoms with Gasteiger partial charge in [-0.1, -0.05) is 69.5 Å². The van der Waals surface area contributed by atoms with Crippen LogP contribution in [-0.4, -0.2) is 47.6 Å². The minimum atomic E-state index is -4.77. The molecule has 0 radical (unpaired) electrons. The molecule has 0 aliphatic rings. The summed E-state index contributed by atoms with van der Waals surface area (Å²) in [7, 11) is 0. The van der Waals surface area contributed by atoms with E-state index in [-0.39, 0.29) is 11.4 Å². The number of hydrogen-bond acceptors (Lipinski definition) is 7. The van der Waals surface area contributed by atoms with Gasteiger partial charge in [-0.05, 0) is 35.7 Å². The molecule has 212 valence electrons. The lowest BCUT2D eigenvalue weighted by atomic mass is 10.1. The Balaban J connectivity index is 0.000000224. The molecule has 0 atom stereocenters. The van der Waals surface area contributed by atoms with Gasteiger partial charge in [-0.2, -0.15) is 18.4 Å². The first-order valence-corrected chi connectivity index (χ1v) is 14.0. The maximum absolute atomic E-state index is 13.2. The number of hydrogen-bond donors (Lipinski definition) is 3. The molecule has 0 saturated heterocycles. The number of aromatic amines is 1. The summed E-state index contributed by atoms with van der Waals surface area (Å²) in [5.74, 6) is -1.64. The highest BCUT2D eigenvalue weighted by atomic mass is 35.5. The number of halogens is 4. The van der Waals surface area contributed by atoms with Crippen LogP contribution in [0.15, 0.2) is 29.8 Å². The van der Waals surface area contributed by atoms with Crippen LogP contribution in [0.5, 0.6) is 0 Å². The number of fused-ring (bicyclic) bond motifs is 1. The van der Waals surface area contributed by atoms with Crippen LogP contribution in [0.1, 0.15) is 79.2 Å². The largest absolute Gasteiger partial charge is 0.476 e. The lowest BCUT2D eigenvalue weighted by molar-refractivity contribution is -0.136. The van der Waals surface area contributed by atoms with Gasteiger partial charge in [0.25, 0.3) is 0 Å². The summed E-state index contributed by atoms with van der Waals surface area (Å²) in [6, 6.07) is 5.07. The number of tetrazole rings is 1. The first-order valence-electron chi connectivity index (χ1n) is 12.7. The van der Waals surface area contributed by atoms with Gasteiger partial charge in [-0.15, -0.1) is 21.5 Å². The molecule has 14 heteroatoms. The van der Waals surface area contributed by atoms with E-state index in [2.05, 4.69) is 55.4 Å². The third-order valence-electron chi connectivity index (χ3n) is 5.86. The van der Waals surface area contributed by atoms with Crippen molar-refractivity contribution in [1.82, 2.24) is 35.3 Å². The van der Waals surface area contributed by atoms with Gasteiger partial charge in [0, 0.05) is 23.2 Å². The van der Waals surface area contributed by atoms with Gasteiger partial charge in [0.2, 0.25) is 5.82 Å². The third kappa shape index (κ3) is 9.01. The van der Waals surface area contributed by atoms with Crippen molar-refractivity contribution in [2.45, 2.75) is 71.0 Å². The van der Waals surface area contributed by atoms with Gasteiger partial charge in [0.05, 0.1) is 5.56 Å². The number of nitrogens with one attached hydrogen (secondary N) is 2. The van der Waals surface area contributed by atoms with Crippen LogP contribution in [0.3, 0.4) is 0 Å². The number of carboxylic acid groups (broad SMARTS) is 1. The molecule has 9 nitrogen and oxygen atoms in total. The minimum absolute atomic E-state index is 0.0511. The fraction of sp³-hybridized carbons (Fsp3) is 0.480. The number of aromatic carboxylic acids is 1. The molecule has 0 unspecified atom stereocenters. The minimum Gasteiger partial charge on any atom is -0.476 e. The second-order valence-electron chi connectivity index (χ2n) is 8.86. The lowest BCUT2D eigenvalue weighted by Crippen LogP contribution is -2.13. The van der Waals surface area contributed by atoms with E-state index < -0.39 is 34.2 Å². The molecule has 3 N–H and O–H groups in total. The normalized spacial score (nSPS) is 11.5. The molecule has 39 heavy (non-hydrogen) atoms. The Labute approximate surface area is 232 Å². The zero-order valence-corrected chi connectivity index (χ0v) is 23.0. The number of rotatable bonds is 13. The maximum atomic E-state index is 13.2. The van der Waals surface area contributed by atoms with Crippen molar-refractivity contribution in [2.75, 3.05) is 6.54 Å². The van der Waals surface area contributed by atoms with Crippen molar-refractivity contribution in [3.05, 3.63) is 51.1 Å². The van der Waals surface area contributed by atoms with Crippen LogP contribution >= 0.6 is 22.9 Å². The van der Waals surface area contributed by atoms with E-state index in [1.165, 1.54) is 62.8 Å². The molecular formula is C25H31ClF3N7O2S. The zero-order chi connectivity index (χ0) is 28.3. The number of aromatic nitrogens is 6. The summed E-state index contributed by atoms with van der Waals surface area (Å²) < 4.78 is 40.3. The number of H-pyrrole nitrogens is 1. The van der Waals surface area contributed by atoms with Crippen LogP contribution in [0.4, 0.5) is 13.2 Å². The van der Waals surface area contributed by atoms with Gasteiger partial charge in [-0.3, -0.25) is 4.40 Å². The average molecular weight is 586 g/mol. The highest BCUT2D eigenvalue weighted by molar-refractivity contribution is 7.09. The van der Waals surface area contributed by atoms with Crippen molar-refractivity contribution in [3.63, 3.8) is 0 Å². The number of nitrogens with zero attached hydrogens (tertiary/aromatic N) is 5. The molecule has 0 aliphatic heterocycles. The van der Waals surface area contributed by atoms with E-state index >= 15 is 0 Å². The van der Waals surface area contributed by atoms with Gasteiger partial charge in [-0.25, -0.2) is 9.78 Å². The molecule has 4 aromatic heterocycles. The van der Waals surface area contributed by atoms with Crippen molar-refractivity contribution in [3.8, 4) is 11.4 Å². The number of pyridine rings is 1. The Morgan fingerprint density at radius 2 is 1.90 bits per heavy atom. The summed E-state index contributed by atoms with van der Waals surface area (Å²) >= 11 is 7.64. The molecule has 0 amide bonds. The zero-order valence-electron chi connectivity index (χ0n) is 21.5. The molecule has 0 saturated carbocycles. The fourth-order valence-electron chi connectivity index (χ4n) is 3.88.